The summed E-state index contributed by atoms with van der Waals surface area (Å²) in [5.41, 5.74) is 8.07. The van der Waals surface area contributed by atoms with Crippen molar-refractivity contribution in [2.75, 3.05) is 36.0 Å². The SMILES string of the molecule is N=C(N)c1ccc(C(=O)NC[C@H]2CN(c3ccc(N4CCC(C(=O)O)CC4)cc3)C(=O)O2)cc1. The van der Waals surface area contributed by atoms with Crippen molar-refractivity contribution >= 4 is 35.2 Å². The summed E-state index contributed by atoms with van der Waals surface area (Å²) in [6.45, 7) is 1.85. The van der Waals surface area contributed by atoms with Gasteiger partial charge in [-0.3, -0.25) is 19.9 Å². The molecule has 0 saturated carbocycles. The molecule has 10 heteroatoms. The molecule has 2 aromatic rings. The van der Waals surface area contributed by atoms with Gasteiger partial charge in [-0.15, -0.1) is 0 Å². The Hall–Kier alpha value is -4.08. The van der Waals surface area contributed by atoms with E-state index in [1.54, 1.807) is 24.3 Å². The van der Waals surface area contributed by atoms with Gasteiger partial charge in [0, 0.05) is 35.6 Å². The van der Waals surface area contributed by atoms with Gasteiger partial charge >= 0.3 is 12.1 Å². The molecule has 2 fully saturated rings. The molecule has 2 saturated heterocycles. The summed E-state index contributed by atoms with van der Waals surface area (Å²) in [7, 11) is 0. The number of carboxylic acid groups (broad SMARTS) is 1. The average molecular weight is 466 g/mol. The van der Waals surface area contributed by atoms with Gasteiger partial charge in [-0.05, 0) is 49.2 Å². The van der Waals surface area contributed by atoms with Crippen molar-refractivity contribution in [2.45, 2.75) is 18.9 Å². The van der Waals surface area contributed by atoms with Crippen molar-refractivity contribution in [3.63, 3.8) is 0 Å². The number of carbonyl (C=O) groups is 3. The molecule has 0 spiro atoms. The van der Waals surface area contributed by atoms with E-state index < -0.39 is 18.2 Å². The summed E-state index contributed by atoms with van der Waals surface area (Å²) in [4.78, 5) is 39.6. The van der Waals surface area contributed by atoms with Gasteiger partial charge in [0.2, 0.25) is 0 Å². The Labute approximate surface area is 196 Å². The van der Waals surface area contributed by atoms with Crippen molar-refractivity contribution in [1.29, 1.82) is 5.41 Å². The molecule has 178 valence electrons. The molecule has 10 nitrogen and oxygen atoms in total. The molecule has 2 heterocycles. The molecule has 2 aromatic carbocycles. The maximum absolute atomic E-state index is 12.4. The minimum Gasteiger partial charge on any atom is -0.481 e. The zero-order chi connectivity index (χ0) is 24.2. The van der Waals surface area contributed by atoms with Crippen molar-refractivity contribution in [3.05, 3.63) is 59.7 Å². The van der Waals surface area contributed by atoms with E-state index >= 15 is 0 Å². The number of ether oxygens (including phenoxy) is 1. The van der Waals surface area contributed by atoms with Crippen LogP contribution in [0.15, 0.2) is 48.5 Å². The fraction of sp³-hybridized carbons (Fsp3) is 0.333. The molecule has 1 atom stereocenters. The van der Waals surface area contributed by atoms with Crippen molar-refractivity contribution in [1.82, 2.24) is 5.32 Å². The van der Waals surface area contributed by atoms with Crippen LogP contribution in [0.4, 0.5) is 16.2 Å². The molecule has 2 aliphatic heterocycles. The molecular weight excluding hydrogens is 438 g/mol. The fourth-order valence-electron chi connectivity index (χ4n) is 4.18. The van der Waals surface area contributed by atoms with Crippen LogP contribution >= 0.6 is 0 Å². The summed E-state index contributed by atoms with van der Waals surface area (Å²) >= 11 is 0. The first-order valence-corrected chi connectivity index (χ1v) is 11.1. The number of anilines is 2. The number of carboxylic acids is 1. The number of nitrogens with one attached hydrogen (secondary N) is 2. The molecule has 0 aliphatic carbocycles. The van der Waals surface area contributed by atoms with Crippen molar-refractivity contribution in [3.8, 4) is 0 Å². The smallest absolute Gasteiger partial charge is 0.414 e. The molecule has 0 bridgehead atoms. The number of rotatable bonds is 7. The van der Waals surface area contributed by atoms with Crippen molar-refractivity contribution < 1.29 is 24.2 Å². The summed E-state index contributed by atoms with van der Waals surface area (Å²) in [6, 6.07) is 13.9. The largest absolute Gasteiger partial charge is 0.481 e. The monoisotopic (exact) mass is 465 g/mol. The van der Waals surface area contributed by atoms with E-state index in [0.29, 0.717) is 49.3 Å². The fourth-order valence-corrected chi connectivity index (χ4v) is 4.18. The number of hydrogen-bond donors (Lipinski definition) is 4. The van der Waals surface area contributed by atoms with Gasteiger partial charge < -0.3 is 25.8 Å². The Morgan fingerprint density at radius 3 is 2.21 bits per heavy atom. The molecule has 2 amide bonds. The molecule has 2 aliphatic rings. The number of carbonyl (C=O) groups excluding carboxylic acids is 2. The Balaban J connectivity index is 1.30. The van der Waals surface area contributed by atoms with Crippen LogP contribution < -0.4 is 20.9 Å². The molecule has 5 N–H and O–H groups in total. The first kappa shape index (κ1) is 23.1. The van der Waals surface area contributed by atoms with Crippen LogP contribution in [-0.4, -0.2) is 61.2 Å². The molecule has 0 aromatic heterocycles. The normalized spacial score (nSPS) is 18.5. The zero-order valence-electron chi connectivity index (χ0n) is 18.6. The molecular formula is C24H27N5O5. The lowest BCUT2D eigenvalue weighted by atomic mass is 9.97. The Bertz CT molecular complexity index is 1080. The van der Waals surface area contributed by atoms with E-state index in [0.717, 1.165) is 5.69 Å². The van der Waals surface area contributed by atoms with E-state index in [4.69, 9.17) is 21.0 Å². The number of aliphatic carboxylic acids is 1. The Morgan fingerprint density at radius 2 is 1.62 bits per heavy atom. The Kier molecular flexibility index (Phi) is 6.67. The van der Waals surface area contributed by atoms with Crippen LogP contribution in [0.1, 0.15) is 28.8 Å². The first-order valence-electron chi connectivity index (χ1n) is 11.1. The van der Waals surface area contributed by atoms with Crippen molar-refractivity contribution in [2.24, 2.45) is 11.7 Å². The third-order valence-electron chi connectivity index (χ3n) is 6.19. The second-order valence-corrected chi connectivity index (χ2v) is 8.43. The number of hydrogen-bond acceptors (Lipinski definition) is 6. The van der Waals surface area contributed by atoms with Gasteiger partial charge in [-0.2, -0.15) is 0 Å². The highest BCUT2D eigenvalue weighted by Gasteiger charge is 2.33. The number of piperidine rings is 1. The average Bonchev–Trinajstić information content (AvgIpc) is 3.23. The van der Waals surface area contributed by atoms with Crippen LogP contribution in [0.3, 0.4) is 0 Å². The lowest BCUT2D eigenvalue weighted by Crippen LogP contribution is -2.36. The lowest BCUT2D eigenvalue weighted by molar-refractivity contribution is -0.142. The van der Waals surface area contributed by atoms with Gasteiger partial charge in [-0.1, -0.05) is 12.1 Å². The van der Waals surface area contributed by atoms with Gasteiger partial charge in [-0.25, -0.2) is 4.79 Å². The number of cyclic esters (lactones) is 1. The topological polar surface area (TPSA) is 149 Å². The minimum atomic E-state index is -0.737. The summed E-state index contributed by atoms with van der Waals surface area (Å²) in [5, 5.41) is 19.3. The molecule has 0 radical (unpaired) electrons. The number of benzene rings is 2. The van der Waals surface area contributed by atoms with Gasteiger partial charge in [0.15, 0.2) is 0 Å². The van der Waals surface area contributed by atoms with E-state index in [1.807, 2.05) is 24.3 Å². The molecule has 34 heavy (non-hydrogen) atoms. The summed E-state index contributed by atoms with van der Waals surface area (Å²) in [5.74, 6) is -1.40. The standard InChI is InChI=1S/C24H27N5O5/c25-21(26)15-1-3-16(4-2-15)22(30)27-13-20-14-29(24(33)34-20)19-7-5-18(6-8-19)28-11-9-17(10-12-28)23(31)32/h1-8,17,20H,9-14H2,(H3,25,26)(H,27,30)(H,31,32)/t20-/m0/s1. The van der Waals surface area contributed by atoms with Crippen LogP contribution in [0, 0.1) is 11.3 Å². The van der Waals surface area contributed by atoms with Gasteiger partial charge in [0.05, 0.1) is 19.0 Å². The van der Waals surface area contributed by atoms with E-state index in [9.17, 15) is 14.4 Å². The van der Waals surface area contributed by atoms with E-state index in [1.165, 1.54) is 4.90 Å². The van der Waals surface area contributed by atoms with Crippen LogP contribution in [0.2, 0.25) is 0 Å². The number of amidine groups is 1. The minimum absolute atomic E-state index is 0.0688. The quantitative estimate of drug-likeness (QED) is 0.361. The first-order chi connectivity index (χ1) is 16.3. The maximum atomic E-state index is 12.4. The highest BCUT2D eigenvalue weighted by Crippen LogP contribution is 2.27. The molecule has 0 unspecified atom stereocenters. The highest BCUT2D eigenvalue weighted by atomic mass is 16.6. The number of nitrogen functional groups attached to an aromatic ring is 1. The summed E-state index contributed by atoms with van der Waals surface area (Å²) in [6.07, 6.45) is 0.274. The maximum Gasteiger partial charge on any atom is 0.414 e. The van der Waals surface area contributed by atoms with Crippen LogP contribution in [-0.2, 0) is 9.53 Å². The predicted molar refractivity (Wildman–Crippen MR) is 126 cm³/mol. The van der Waals surface area contributed by atoms with Crippen LogP contribution in [0.5, 0.6) is 0 Å². The van der Waals surface area contributed by atoms with Gasteiger partial charge in [0.25, 0.3) is 5.91 Å². The second kappa shape index (κ2) is 9.82. The third-order valence-corrected chi connectivity index (χ3v) is 6.19. The summed E-state index contributed by atoms with van der Waals surface area (Å²) < 4.78 is 5.41. The number of nitrogens with zero attached hydrogens (tertiary/aromatic N) is 2. The van der Waals surface area contributed by atoms with Crippen LogP contribution in [0.25, 0.3) is 0 Å². The van der Waals surface area contributed by atoms with E-state index in [-0.39, 0.29) is 24.2 Å². The Morgan fingerprint density at radius 1 is 1.03 bits per heavy atom. The zero-order valence-corrected chi connectivity index (χ0v) is 18.6. The third kappa shape index (κ3) is 5.11. The second-order valence-electron chi connectivity index (χ2n) is 8.43. The van der Waals surface area contributed by atoms with Gasteiger partial charge in [0.1, 0.15) is 11.9 Å². The predicted octanol–water partition coefficient (Wildman–Crippen LogP) is 2.03. The molecule has 4 rings (SSSR count). The number of nitrogens with two attached hydrogens (primary N) is 1. The van der Waals surface area contributed by atoms with E-state index in [2.05, 4.69) is 10.2 Å². The lowest BCUT2D eigenvalue weighted by Gasteiger charge is -2.32. The highest BCUT2D eigenvalue weighted by molar-refractivity contribution is 5.98. The number of amides is 2.